The molecule has 1 aliphatic rings. The topological polar surface area (TPSA) is 139 Å². The van der Waals surface area contributed by atoms with Gasteiger partial charge in [0.1, 0.15) is 12.1 Å². The number of aromatic nitrogens is 1. The van der Waals surface area contributed by atoms with Gasteiger partial charge in [0.15, 0.2) is 6.10 Å². The van der Waals surface area contributed by atoms with Crippen LogP contribution in [0.25, 0.3) is 17.0 Å². The molecule has 3 N–H and O–H groups in total. The zero-order valence-electron chi connectivity index (χ0n) is 24.6. The molecule has 1 aliphatic heterocycles. The van der Waals surface area contributed by atoms with Crippen molar-refractivity contribution in [3.8, 4) is 0 Å². The quantitative estimate of drug-likeness (QED) is 0.352. The van der Waals surface area contributed by atoms with E-state index in [1.54, 1.807) is 13.8 Å². The summed E-state index contributed by atoms with van der Waals surface area (Å²) in [5.41, 5.74) is 5.62. The van der Waals surface area contributed by atoms with Crippen LogP contribution in [0.2, 0.25) is 0 Å². The Labute approximate surface area is 241 Å². The molecule has 3 amide bonds. The molecule has 222 valence electrons. The molecule has 0 spiro atoms. The van der Waals surface area contributed by atoms with Crippen molar-refractivity contribution in [1.29, 1.82) is 0 Å². The molecule has 4 atom stereocenters. The van der Waals surface area contributed by atoms with Crippen LogP contribution >= 0.6 is 0 Å². The second-order valence-corrected chi connectivity index (χ2v) is 10.5. The first-order valence-electron chi connectivity index (χ1n) is 13.9. The maximum Gasteiger partial charge on any atom is 0.303 e. The highest BCUT2D eigenvalue weighted by Gasteiger charge is 2.35. The Morgan fingerprint density at radius 3 is 2.54 bits per heavy atom. The number of hydrogen-bond donors (Lipinski definition) is 3. The van der Waals surface area contributed by atoms with Crippen molar-refractivity contribution in [1.82, 2.24) is 26.1 Å². The fourth-order valence-corrected chi connectivity index (χ4v) is 4.66. The number of methoxy groups -OCH3 is 1. The van der Waals surface area contributed by atoms with Crippen LogP contribution in [-0.2, 0) is 28.7 Å². The Morgan fingerprint density at radius 2 is 1.88 bits per heavy atom. The van der Waals surface area contributed by atoms with Gasteiger partial charge in [-0.2, -0.15) is 0 Å². The van der Waals surface area contributed by atoms with Crippen molar-refractivity contribution in [2.75, 3.05) is 20.3 Å². The number of nitrogens with one attached hydrogen (secondary N) is 3. The Morgan fingerprint density at radius 1 is 1.15 bits per heavy atom. The SMILES string of the molecule is C/C=C/c1ccc2ccc([C@@H](C)NC(=O)[C@@H]3CCCN(C(=O)[C@@H](COC)NC(=O)[C@@H](OC(C)=O)C(C)C)N3)nc2c1. The molecule has 0 bridgehead atoms. The molecule has 3 rings (SSSR count). The first-order valence-corrected chi connectivity index (χ1v) is 13.9. The summed E-state index contributed by atoms with van der Waals surface area (Å²) in [7, 11) is 1.42. The minimum atomic E-state index is -1.05. The third kappa shape index (κ3) is 8.58. The third-order valence-electron chi connectivity index (χ3n) is 6.77. The number of hydrazine groups is 1. The predicted octanol–water partition coefficient (Wildman–Crippen LogP) is 2.66. The number of hydrogen-bond acceptors (Lipinski definition) is 8. The van der Waals surface area contributed by atoms with Crippen molar-refractivity contribution < 1.29 is 28.7 Å². The second kappa shape index (κ2) is 14.7. The van der Waals surface area contributed by atoms with Crippen LogP contribution in [0.3, 0.4) is 0 Å². The summed E-state index contributed by atoms with van der Waals surface area (Å²) in [6.07, 6.45) is 4.04. The molecule has 0 unspecified atom stereocenters. The summed E-state index contributed by atoms with van der Waals surface area (Å²) in [6, 6.07) is 7.87. The Bertz CT molecular complexity index is 1280. The Balaban J connectivity index is 1.66. The number of amides is 3. The van der Waals surface area contributed by atoms with E-state index in [9.17, 15) is 19.2 Å². The number of rotatable bonds is 11. The number of allylic oxidation sites excluding steroid dienone is 1. The van der Waals surface area contributed by atoms with Crippen molar-refractivity contribution in [2.24, 2.45) is 5.92 Å². The zero-order valence-corrected chi connectivity index (χ0v) is 24.6. The van der Waals surface area contributed by atoms with Crippen LogP contribution in [0.1, 0.15) is 64.8 Å². The molecular formula is C30H41N5O6. The van der Waals surface area contributed by atoms with Gasteiger partial charge in [-0.15, -0.1) is 0 Å². The van der Waals surface area contributed by atoms with Crippen LogP contribution in [0, 0.1) is 5.92 Å². The average molecular weight is 568 g/mol. The number of benzene rings is 1. The van der Waals surface area contributed by atoms with Gasteiger partial charge in [0.25, 0.3) is 11.8 Å². The fraction of sp³-hybridized carbons (Fsp3) is 0.500. The average Bonchev–Trinajstić information content (AvgIpc) is 2.94. The number of pyridine rings is 1. The largest absolute Gasteiger partial charge is 0.452 e. The van der Waals surface area contributed by atoms with E-state index < -0.39 is 36.0 Å². The lowest BCUT2D eigenvalue weighted by molar-refractivity contribution is -0.158. The highest BCUT2D eigenvalue weighted by Crippen LogP contribution is 2.20. The summed E-state index contributed by atoms with van der Waals surface area (Å²) >= 11 is 0. The monoisotopic (exact) mass is 567 g/mol. The number of esters is 1. The number of carbonyl (C=O) groups excluding carboxylic acids is 4. The minimum Gasteiger partial charge on any atom is -0.452 e. The minimum absolute atomic E-state index is 0.0923. The molecule has 11 heteroatoms. The molecular weight excluding hydrogens is 526 g/mol. The van der Waals surface area contributed by atoms with E-state index in [1.807, 2.05) is 56.3 Å². The van der Waals surface area contributed by atoms with Crippen LogP contribution in [-0.4, -0.2) is 72.1 Å². The lowest BCUT2D eigenvalue weighted by atomic mass is 10.1. The number of ether oxygens (including phenoxy) is 2. The molecule has 1 aromatic heterocycles. The molecule has 0 aliphatic carbocycles. The molecule has 1 saturated heterocycles. The fourth-order valence-electron chi connectivity index (χ4n) is 4.66. The van der Waals surface area contributed by atoms with Gasteiger partial charge in [0, 0.05) is 26.0 Å². The van der Waals surface area contributed by atoms with E-state index in [1.165, 1.54) is 19.0 Å². The van der Waals surface area contributed by atoms with E-state index in [4.69, 9.17) is 14.5 Å². The van der Waals surface area contributed by atoms with Crippen molar-refractivity contribution in [2.45, 2.75) is 71.7 Å². The van der Waals surface area contributed by atoms with E-state index in [2.05, 4.69) is 16.1 Å². The highest BCUT2D eigenvalue weighted by molar-refractivity contribution is 5.91. The Hall–Kier alpha value is -3.83. The summed E-state index contributed by atoms with van der Waals surface area (Å²) in [4.78, 5) is 55.6. The van der Waals surface area contributed by atoms with E-state index in [0.717, 1.165) is 22.2 Å². The maximum absolute atomic E-state index is 13.4. The van der Waals surface area contributed by atoms with E-state index in [-0.39, 0.29) is 24.5 Å². The summed E-state index contributed by atoms with van der Waals surface area (Å²) < 4.78 is 10.3. The number of carbonyl (C=O) groups is 4. The van der Waals surface area contributed by atoms with Crippen LogP contribution in [0.5, 0.6) is 0 Å². The molecule has 0 saturated carbocycles. The van der Waals surface area contributed by atoms with Gasteiger partial charge >= 0.3 is 5.97 Å². The second-order valence-electron chi connectivity index (χ2n) is 10.5. The van der Waals surface area contributed by atoms with Gasteiger partial charge in [-0.05, 0) is 50.3 Å². The van der Waals surface area contributed by atoms with Crippen LogP contribution in [0.4, 0.5) is 0 Å². The van der Waals surface area contributed by atoms with Gasteiger partial charge < -0.3 is 20.1 Å². The molecule has 1 aromatic carbocycles. The number of nitrogens with zero attached hydrogens (tertiary/aromatic N) is 2. The van der Waals surface area contributed by atoms with Crippen LogP contribution in [0.15, 0.2) is 36.4 Å². The van der Waals surface area contributed by atoms with Gasteiger partial charge in [0.2, 0.25) is 5.91 Å². The molecule has 0 radical (unpaired) electrons. The number of fused-ring (bicyclic) bond motifs is 1. The summed E-state index contributed by atoms with van der Waals surface area (Å²) in [5.74, 6) is -2.20. The smallest absolute Gasteiger partial charge is 0.303 e. The third-order valence-corrected chi connectivity index (χ3v) is 6.77. The maximum atomic E-state index is 13.4. The van der Waals surface area contributed by atoms with Crippen molar-refractivity contribution in [3.05, 3.63) is 47.7 Å². The Kier molecular flexibility index (Phi) is 11.4. The van der Waals surface area contributed by atoms with Gasteiger partial charge in [-0.1, -0.05) is 44.2 Å². The van der Waals surface area contributed by atoms with Crippen molar-refractivity contribution >= 4 is 40.7 Å². The molecule has 2 aromatic rings. The lowest BCUT2D eigenvalue weighted by Gasteiger charge is -2.36. The molecule has 2 heterocycles. The molecule has 11 nitrogen and oxygen atoms in total. The molecule has 41 heavy (non-hydrogen) atoms. The zero-order chi connectivity index (χ0) is 30.1. The summed E-state index contributed by atoms with van der Waals surface area (Å²) in [6.45, 7) is 8.79. The van der Waals surface area contributed by atoms with Crippen LogP contribution < -0.4 is 16.1 Å². The predicted molar refractivity (Wildman–Crippen MR) is 155 cm³/mol. The van der Waals surface area contributed by atoms with Gasteiger partial charge in [-0.3, -0.25) is 29.2 Å². The van der Waals surface area contributed by atoms with E-state index >= 15 is 0 Å². The normalized spacial score (nSPS) is 17.7. The first kappa shape index (κ1) is 31.7. The molecule has 1 fully saturated rings. The van der Waals surface area contributed by atoms with Crippen molar-refractivity contribution in [3.63, 3.8) is 0 Å². The highest BCUT2D eigenvalue weighted by atomic mass is 16.5. The standard InChI is InChI=1S/C30H41N5O6/c1-7-9-21-11-12-22-13-14-23(32-25(22)16-21)19(4)31-28(37)24-10-8-15-35(34-24)30(39)26(17-40-6)33-29(38)27(18(2)3)41-20(5)36/h7,9,11-14,16,18-19,24,26-27,34H,8,10,15,17H2,1-6H3,(H,31,37)(H,33,38)/b9-7+/t19-,24+,26-,27+/m1/s1. The van der Waals surface area contributed by atoms with Gasteiger partial charge in [-0.25, -0.2) is 5.43 Å². The first-order chi connectivity index (χ1) is 19.5. The lowest BCUT2D eigenvalue weighted by Crippen LogP contribution is -2.62. The van der Waals surface area contributed by atoms with Gasteiger partial charge in [0.05, 0.1) is 23.9 Å². The van der Waals surface area contributed by atoms with E-state index in [0.29, 0.717) is 19.4 Å². The summed E-state index contributed by atoms with van der Waals surface area (Å²) in [5, 5.41) is 7.99.